The predicted octanol–water partition coefficient (Wildman–Crippen LogP) is 5.05. The van der Waals surface area contributed by atoms with Gasteiger partial charge >= 0.3 is 0 Å². The highest BCUT2D eigenvalue weighted by Crippen LogP contribution is 2.28. The molecule has 1 N–H and O–H groups in total. The van der Waals surface area contributed by atoms with Gasteiger partial charge in [-0.1, -0.05) is 35.3 Å². The molecule has 0 unspecified atom stereocenters. The van der Waals surface area contributed by atoms with Crippen molar-refractivity contribution in [2.24, 2.45) is 0 Å². The van der Waals surface area contributed by atoms with Crippen LogP contribution in [0.5, 0.6) is 11.5 Å². The van der Waals surface area contributed by atoms with Gasteiger partial charge < -0.3 is 19.2 Å². The number of rotatable bonds is 7. The smallest absolute Gasteiger partial charge is 0.236 e. The number of methoxy groups -OCH3 is 1. The average Bonchev–Trinajstić information content (AvgIpc) is 3.08. The minimum absolute atomic E-state index is 0.0280. The number of aromatic nitrogens is 1. The van der Waals surface area contributed by atoms with E-state index in [0.717, 1.165) is 11.3 Å². The zero-order valence-corrected chi connectivity index (χ0v) is 15.8. The number of nitrogens with zero attached hydrogens (tertiary/aromatic N) is 2. The lowest BCUT2D eigenvalue weighted by Crippen LogP contribution is -1.99. The van der Waals surface area contributed by atoms with Crippen LogP contribution in [0.3, 0.4) is 0 Å². The summed E-state index contributed by atoms with van der Waals surface area (Å²) in [5, 5.41) is 13.2. The number of ether oxygens (including phenoxy) is 2. The summed E-state index contributed by atoms with van der Waals surface area (Å²) >= 11 is 11.9. The highest BCUT2D eigenvalue weighted by Gasteiger charge is 2.14. The second-order valence-electron chi connectivity index (χ2n) is 5.46. The van der Waals surface area contributed by atoms with Crippen LogP contribution in [0.15, 0.2) is 46.9 Å². The molecule has 3 rings (SSSR count). The quantitative estimate of drug-likeness (QED) is 0.594. The molecule has 138 valence electrons. The molecule has 0 atom stereocenters. The molecule has 0 radical (unpaired) electrons. The van der Waals surface area contributed by atoms with Gasteiger partial charge in [-0.25, -0.2) is 0 Å². The van der Waals surface area contributed by atoms with Crippen molar-refractivity contribution in [1.82, 2.24) is 4.98 Å². The number of oxazole rings is 1. The van der Waals surface area contributed by atoms with Crippen LogP contribution in [-0.2, 0) is 13.2 Å². The Morgan fingerprint density at radius 1 is 1.19 bits per heavy atom. The maximum Gasteiger partial charge on any atom is 0.236 e. The first-order chi connectivity index (χ1) is 13.1. The molecule has 0 spiro atoms. The van der Waals surface area contributed by atoms with Crippen LogP contribution in [0.1, 0.15) is 17.1 Å². The normalized spacial score (nSPS) is 10.3. The number of hydrogen-bond donors (Lipinski definition) is 1. The molecule has 0 aliphatic heterocycles. The molecule has 27 heavy (non-hydrogen) atoms. The van der Waals surface area contributed by atoms with Crippen molar-refractivity contribution >= 4 is 29.1 Å². The highest BCUT2D eigenvalue weighted by atomic mass is 35.5. The minimum Gasteiger partial charge on any atom is -0.497 e. The van der Waals surface area contributed by atoms with Crippen molar-refractivity contribution in [2.75, 3.05) is 12.4 Å². The highest BCUT2D eigenvalue weighted by molar-refractivity contribution is 6.35. The molecule has 6 nitrogen and oxygen atoms in total. The van der Waals surface area contributed by atoms with E-state index in [9.17, 15) is 5.26 Å². The first kappa shape index (κ1) is 18.9. The van der Waals surface area contributed by atoms with E-state index in [1.165, 1.54) is 0 Å². The molecule has 8 heteroatoms. The predicted molar refractivity (Wildman–Crippen MR) is 102 cm³/mol. The Balaban J connectivity index is 1.64. The monoisotopic (exact) mass is 403 g/mol. The zero-order valence-electron chi connectivity index (χ0n) is 14.3. The Hall–Kier alpha value is -2.88. The minimum atomic E-state index is 0.0280. The largest absolute Gasteiger partial charge is 0.497 e. The van der Waals surface area contributed by atoms with E-state index in [-0.39, 0.29) is 24.1 Å². The van der Waals surface area contributed by atoms with Crippen molar-refractivity contribution in [3.8, 4) is 17.6 Å². The molecule has 3 aromatic rings. The van der Waals surface area contributed by atoms with Crippen LogP contribution in [0.2, 0.25) is 10.0 Å². The number of halogens is 2. The molecule has 0 amide bonds. The van der Waals surface area contributed by atoms with Crippen LogP contribution in [0.4, 0.5) is 5.88 Å². The van der Waals surface area contributed by atoms with Gasteiger partial charge in [0.15, 0.2) is 6.61 Å². The molecule has 0 aliphatic rings. The van der Waals surface area contributed by atoms with E-state index in [0.29, 0.717) is 22.3 Å². The molecule has 0 bridgehead atoms. The van der Waals surface area contributed by atoms with E-state index in [1.807, 2.05) is 30.3 Å². The summed E-state index contributed by atoms with van der Waals surface area (Å²) in [6.07, 6.45) is 0. The van der Waals surface area contributed by atoms with Gasteiger partial charge in [0.05, 0.1) is 12.1 Å². The Morgan fingerprint density at radius 2 is 1.96 bits per heavy atom. The van der Waals surface area contributed by atoms with Crippen molar-refractivity contribution in [3.63, 3.8) is 0 Å². The molecule has 0 saturated carbocycles. The van der Waals surface area contributed by atoms with Gasteiger partial charge in [0, 0.05) is 11.6 Å². The maximum atomic E-state index is 9.25. The number of anilines is 1. The molecular formula is C19H15Cl2N3O3. The summed E-state index contributed by atoms with van der Waals surface area (Å²) in [6.45, 7) is 0.497. The standard InChI is InChI=1S/C19H15Cl2N3O3/c1-25-14-5-2-12(3-6-14)10-23-19-16(9-22)24-18(27-19)11-26-17-7-4-13(20)8-15(17)21/h2-8,23H,10-11H2,1H3. The summed E-state index contributed by atoms with van der Waals surface area (Å²) in [5.74, 6) is 1.77. The number of nitriles is 1. The lowest BCUT2D eigenvalue weighted by molar-refractivity contribution is 0.265. The molecule has 0 fully saturated rings. The second-order valence-corrected chi connectivity index (χ2v) is 6.31. The third-order valence-electron chi connectivity index (χ3n) is 3.63. The fourth-order valence-electron chi connectivity index (χ4n) is 2.28. The fraction of sp³-hybridized carbons (Fsp3) is 0.158. The number of hydrogen-bond acceptors (Lipinski definition) is 6. The van der Waals surface area contributed by atoms with Crippen molar-refractivity contribution in [3.05, 3.63) is 69.7 Å². The van der Waals surface area contributed by atoms with Gasteiger partial charge in [0.2, 0.25) is 17.5 Å². The SMILES string of the molecule is COc1ccc(CNc2oc(COc3ccc(Cl)cc3Cl)nc2C#N)cc1. The number of nitrogens with one attached hydrogen (secondary N) is 1. The lowest BCUT2D eigenvalue weighted by Gasteiger charge is -2.06. The van der Waals surface area contributed by atoms with Gasteiger partial charge in [-0.2, -0.15) is 10.2 Å². The summed E-state index contributed by atoms with van der Waals surface area (Å²) in [7, 11) is 1.61. The van der Waals surface area contributed by atoms with Crippen molar-refractivity contribution < 1.29 is 13.9 Å². The van der Waals surface area contributed by atoms with Crippen molar-refractivity contribution in [2.45, 2.75) is 13.2 Å². The van der Waals surface area contributed by atoms with E-state index in [4.69, 9.17) is 37.1 Å². The first-order valence-corrected chi connectivity index (χ1v) is 8.69. The van der Waals surface area contributed by atoms with Crippen LogP contribution in [-0.4, -0.2) is 12.1 Å². The molecule has 0 saturated heterocycles. The number of benzene rings is 2. The summed E-state index contributed by atoms with van der Waals surface area (Å²) in [5.41, 5.74) is 1.16. The van der Waals surface area contributed by atoms with Gasteiger partial charge in [-0.05, 0) is 35.9 Å². The van der Waals surface area contributed by atoms with E-state index >= 15 is 0 Å². The van der Waals surface area contributed by atoms with E-state index in [2.05, 4.69) is 10.3 Å². The maximum absolute atomic E-state index is 9.25. The fourth-order valence-corrected chi connectivity index (χ4v) is 2.74. The topological polar surface area (TPSA) is 80.3 Å². The summed E-state index contributed by atoms with van der Waals surface area (Å²) < 4.78 is 16.3. The summed E-state index contributed by atoms with van der Waals surface area (Å²) in [6, 6.07) is 14.5. The molecule has 1 heterocycles. The first-order valence-electron chi connectivity index (χ1n) is 7.93. The van der Waals surface area contributed by atoms with Gasteiger partial charge in [-0.15, -0.1) is 0 Å². The molecule has 0 aliphatic carbocycles. The molecule has 1 aromatic heterocycles. The van der Waals surface area contributed by atoms with E-state index < -0.39 is 0 Å². The van der Waals surface area contributed by atoms with Crippen LogP contribution in [0.25, 0.3) is 0 Å². The second kappa shape index (κ2) is 8.67. The zero-order chi connectivity index (χ0) is 19.2. The summed E-state index contributed by atoms with van der Waals surface area (Å²) in [4.78, 5) is 4.13. The van der Waals surface area contributed by atoms with Gasteiger partial charge in [0.1, 0.15) is 17.6 Å². The van der Waals surface area contributed by atoms with Crippen LogP contribution >= 0.6 is 23.2 Å². The van der Waals surface area contributed by atoms with Crippen molar-refractivity contribution in [1.29, 1.82) is 5.26 Å². The Morgan fingerprint density at radius 3 is 2.63 bits per heavy atom. The Labute approximate surface area is 166 Å². The van der Waals surface area contributed by atoms with E-state index in [1.54, 1.807) is 25.3 Å². The third-order valence-corrected chi connectivity index (χ3v) is 4.17. The Kier molecular flexibility index (Phi) is 6.07. The van der Waals surface area contributed by atoms with Crippen LogP contribution in [0, 0.1) is 11.3 Å². The third kappa shape index (κ3) is 4.85. The lowest BCUT2D eigenvalue weighted by atomic mass is 10.2. The van der Waals surface area contributed by atoms with Gasteiger partial charge in [0.25, 0.3) is 0 Å². The molecular weight excluding hydrogens is 389 g/mol. The van der Waals surface area contributed by atoms with Crippen LogP contribution < -0.4 is 14.8 Å². The average molecular weight is 404 g/mol. The van der Waals surface area contributed by atoms with Gasteiger partial charge in [-0.3, -0.25) is 0 Å². The Bertz CT molecular complexity index is 965. The molecule has 2 aromatic carbocycles.